The molecule has 0 N–H and O–H groups in total. The van der Waals surface area contributed by atoms with Crippen LogP contribution in [0.3, 0.4) is 0 Å². The Hall–Kier alpha value is -3.28. The van der Waals surface area contributed by atoms with Gasteiger partial charge >= 0.3 is 0 Å². The molecule has 3 aromatic rings. The van der Waals surface area contributed by atoms with Crippen molar-refractivity contribution in [1.29, 1.82) is 0 Å². The Kier molecular flexibility index (Phi) is 5.92. The molecule has 2 aromatic heterocycles. The summed E-state index contributed by atoms with van der Waals surface area (Å²) >= 11 is 0. The fourth-order valence-electron chi connectivity index (χ4n) is 3.22. The minimum atomic E-state index is -0.422. The first-order chi connectivity index (χ1) is 13.8. The molecule has 1 unspecified atom stereocenters. The van der Waals surface area contributed by atoms with Crippen molar-refractivity contribution in [1.82, 2.24) is 14.5 Å². The van der Waals surface area contributed by atoms with E-state index in [1.807, 2.05) is 26.0 Å². The minimum Gasteiger partial charge on any atom is -0.338 e. The first-order valence-electron chi connectivity index (χ1n) is 9.45. The number of benzene rings is 1. The van der Waals surface area contributed by atoms with Crippen molar-refractivity contribution in [3.8, 4) is 5.69 Å². The molecule has 0 radical (unpaired) electrons. The van der Waals surface area contributed by atoms with Crippen LogP contribution in [0.4, 0.5) is 4.39 Å². The van der Waals surface area contributed by atoms with Crippen LogP contribution in [0, 0.1) is 19.7 Å². The molecule has 29 heavy (non-hydrogen) atoms. The van der Waals surface area contributed by atoms with E-state index >= 15 is 0 Å². The van der Waals surface area contributed by atoms with Gasteiger partial charge in [-0.05, 0) is 74.4 Å². The first kappa shape index (κ1) is 20.5. The summed E-state index contributed by atoms with van der Waals surface area (Å²) in [5, 5.41) is 0. The Morgan fingerprint density at radius 2 is 1.86 bits per heavy atom. The highest BCUT2D eigenvalue weighted by Crippen LogP contribution is 2.14. The molecule has 5 nitrogen and oxygen atoms in total. The quantitative estimate of drug-likeness (QED) is 0.664. The SMILES string of the molecule is Cc1ccnc(CC(C)N(C)C(=O)c2c(C)ccn(-c3ccc(F)cc3)c2=O)c1. The topological polar surface area (TPSA) is 55.2 Å². The Morgan fingerprint density at radius 3 is 2.52 bits per heavy atom. The van der Waals surface area contributed by atoms with Crippen LogP contribution in [-0.4, -0.2) is 33.4 Å². The maximum atomic E-state index is 13.2. The number of aryl methyl sites for hydroxylation is 2. The van der Waals surface area contributed by atoms with E-state index in [2.05, 4.69) is 4.98 Å². The number of hydrogen-bond acceptors (Lipinski definition) is 3. The summed E-state index contributed by atoms with van der Waals surface area (Å²) in [6.07, 6.45) is 3.94. The molecule has 3 rings (SSSR count). The van der Waals surface area contributed by atoms with E-state index in [4.69, 9.17) is 0 Å². The standard InChI is InChI=1S/C23H24FN3O2/c1-15-9-11-25-19(13-15)14-17(3)26(4)22(28)21-16(2)10-12-27(23(21)29)20-7-5-18(24)6-8-20/h5-13,17H,14H2,1-4H3. The summed E-state index contributed by atoms with van der Waals surface area (Å²) in [5.74, 6) is -0.729. The minimum absolute atomic E-state index is 0.114. The number of nitrogens with zero attached hydrogens (tertiary/aromatic N) is 3. The molecule has 0 aliphatic heterocycles. The molecule has 0 saturated heterocycles. The van der Waals surface area contributed by atoms with Crippen molar-refractivity contribution < 1.29 is 9.18 Å². The number of hydrogen-bond donors (Lipinski definition) is 0. The van der Waals surface area contributed by atoms with Crippen LogP contribution in [-0.2, 0) is 6.42 Å². The van der Waals surface area contributed by atoms with Crippen LogP contribution in [0.15, 0.2) is 59.7 Å². The van der Waals surface area contributed by atoms with Crippen LogP contribution < -0.4 is 5.56 Å². The fourth-order valence-corrected chi connectivity index (χ4v) is 3.22. The lowest BCUT2D eigenvalue weighted by molar-refractivity contribution is 0.0740. The molecular weight excluding hydrogens is 369 g/mol. The summed E-state index contributed by atoms with van der Waals surface area (Å²) in [6, 6.07) is 11.1. The second kappa shape index (κ2) is 8.39. The molecule has 0 bridgehead atoms. The Bertz CT molecular complexity index is 1090. The summed E-state index contributed by atoms with van der Waals surface area (Å²) in [5.41, 5.74) is 2.80. The predicted octanol–water partition coefficient (Wildman–Crippen LogP) is 3.69. The van der Waals surface area contributed by atoms with Gasteiger partial charge in [0.2, 0.25) is 0 Å². The van der Waals surface area contributed by atoms with E-state index in [9.17, 15) is 14.0 Å². The molecule has 1 aromatic carbocycles. The van der Waals surface area contributed by atoms with Crippen molar-refractivity contribution in [3.63, 3.8) is 0 Å². The molecule has 150 valence electrons. The molecular formula is C23H24FN3O2. The van der Waals surface area contributed by atoms with E-state index in [0.717, 1.165) is 11.3 Å². The summed E-state index contributed by atoms with van der Waals surface area (Å²) < 4.78 is 14.6. The molecule has 6 heteroatoms. The van der Waals surface area contributed by atoms with Gasteiger partial charge in [0.05, 0.1) is 0 Å². The van der Waals surface area contributed by atoms with E-state index in [1.54, 1.807) is 37.3 Å². The van der Waals surface area contributed by atoms with Gasteiger partial charge < -0.3 is 4.90 Å². The smallest absolute Gasteiger partial charge is 0.268 e. The lowest BCUT2D eigenvalue weighted by Gasteiger charge is -2.25. The van der Waals surface area contributed by atoms with Gasteiger partial charge in [-0.15, -0.1) is 0 Å². The maximum absolute atomic E-state index is 13.2. The van der Waals surface area contributed by atoms with Crippen molar-refractivity contribution in [2.75, 3.05) is 7.05 Å². The van der Waals surface area contributed by atoms with E-state index < -0.39 is 5.56 Å². The first-order valence-corrected chi connectivity index (χ1v) is 9.45. The van der Waals surface area contributed by atoms with Crippen molar-refractivity contribution >= 4 is 5.91 Å². The molecule has 2 heterocycles. The maximum Gasteiger partial charge on any atom is 0.268 e. The highest BCUT2D eigenvalue weighted by molar-refractivity contribution is 5.95. The average Bonchev–Trinajstić information content (AvgIpc) is 2.68. The van der Waals surface area contributed by atoms with Gasteiger partial charge in [0, 0.05) is 43.3 Å². The molecule has 1 atom stereocenters. The number of rotatable bonds is 5. The Labute approximate surface area is 169 Å². The fraction of sp³-hybridized carbons (Fsp3) is 0.261. The van der Waals surface area contributed by atoms with Gasteiger partial charge in [0.25, 0.3) is 11.5 Å². The molecule has 0 aliphatic rings. The average molecular weight is 393 g/mol. The van der Waals surface area contributed by atoms with Gasteiger partial charge in [0.1, 0.15) is 11.4 Å². The molecule has 0 aliphatic carbocycles. The number of likely N-dealkylation sites (N-methyl/N-ethyl adjacent to an activating group) is 1. The summed E-state index contributed by atoms with van der Waals surface area (Å²) in [7, 11) is 1.69. The second-order valence-corrected chi connectivity index (χ2v) is 7.32. The van der Waals surface area contributed by atoms with Crippen LogP contribution in [0.25, 0.3) is 5.69 Å². The van der Waals surface area contributed by atoms with Gasteiger partial charge in [-0.2, -0.15) is 0 Å². The van der Waals surface area contributed by atoms with Gasteiger partial charge in [0.15, 0.2) is 0 Å². The number of aromatic nitrogens is 2. The van der Waals surface area contributed by atoms with Crippen LogP contribution >= 0.6 is 0 Å². The Morgan fingerprint density at radius 1 is 1.17 bits per heavy atom. The zero-order valence-electron chi connectivity index (χ0n) is 17.0. The Balaban J connectivity index is 1.90. The van der Waals surface area contributed by atoms with Crippen LogP contribution in [0.2, 0.25) is 0 Å². The largest absolute Gasteiger partial charge is 0.338 e. The third kappa shape index (κ3) is 4.42. The number of amides is 1. The van der Waals surface area contributed by atoms with E-state index in [1.165, 1.54) is 28.8 Å². The molecule has 0 fully saturated rings. The zero-order valence-corrected chi connectivity index (χ0v) is 17.0. The van der Waals surface area contributed by atoms with Crippen LogP contribution in [0.1, 0.15) is 34.1 Å². The van der Waals surface area contributed by atoms with E-state index in [0.29, 0.717) is 17.7 Å². The monoisotopic (exact) mass is 393 g/mol. The van der Waals surface area contributed by atoms with Gasteiger partial charge in [-0.25, -0.2) is 4.39 Å². The third-order valence-corrected chi connectivity index (χ3v) is 5.08. The lowest BCUT2D eigenvalue weighted by atomic mass is 10.1. The predicted molar refractivity (Wildman–Crippen MR) is 111 cm³/mol. The highest BCUT2D eigenvalue weighted by atomic mass is 19.1. The molecule has 0 spiro atoms. The number of carbonyl (C=O) groups is 1. The van der Waals surface area contributed by atoms with E-state index in [-0.39, 0.29) is 23.3 Å². The second-order valence-electron chi connectivity index (χ2n) is 7.32. The third-order valence-electron chi connectivity index (χ3n) is 5.08. The summed E-state index contributed by atoms with van der Waals surface area (Å²) in [4.78, 5) is 32.1. The number of pyridine rings is 2. The molecule has 0 saturated carbocycles. The number of halogens is 1. The van der Waals surface area contributed by atoms with Crippen molar-refractivity contribution in [3.05, 3.63) is 93.4 Å². The van der Waals surface area contributed by atoms with Crippen molar-refractivity contribution in [2.45, 2.75) is 33.2 Å². The highest BCUT2D eigenvalue weighted by Gasteiger charge is 2.23. The number of carbonyl (C=O) groups excluding carboxylic acids is 1. The van der Waals surface area contributed by atoms with Crippen molar-refractivity contribution in [2.24, 2.45) is 0 Å². The summed E-state index contributed by atoms with van der Waals surface area (Å²) in [6.45, 7) is 5.67. The van der Waals surface area contributed by atoms with Crippen LogP contribution in [0.5, 0.6) is 0 Å². The zero-order chi connectivity index (χ0) is 21.1. The van der Waals surface area contributed by atoms with Gasteiger partial charge in [-0.1, -0.05) is 0 Å². The van der Waals surface area contributed by atoms with Gasteiger partial charge in [-0.3, -0.25) is 19.1 Å². The normalized spacial score (nSPS) is 11.9. The molecule has 1 amide bonds. The lowest BCUT2D eigenvalue weighted by Crippen LogP contribution is -2.40.